The first-order valence-electron chi connectivity index (χ1n) is 7.89. The molecule has 1 saturated heterocycles. The Morgan fingerprint density at radius 1 is 1.41 bits per heavy atom. The third-order valence-electron chi connectivity index (χ3n) is 4.25. The molecule has 4 nitrogen and oxygen atoms in total. The lowest BCUT2D eigenvalue weighted by atomic mass is 9.98. The fourth-order valence-electron chi connectivity index (χ4n) is 3.18. The van der Waals surface area contributed by atoms with Gasteiger partial charge in [0.2, 0.25) is 0 Å². The molecule has 22 heavy (non-hydrogen) atoms. The number of rotatable bonds is 5. The van der Waals surface area contributed by atoms with E-state index in [9.17, 15) is 4.79 Å². The van der Waals surface area contributed by atoms with Crippen molar-refractivity contribution in [3.63, 3.8) is 0 Å². The van der Waals surface area contributed by atoms with Crippen LogP contribution in [-0.2, 0) is 6.54 Å². The van der Waals surface area contributed by atoms with Crippen LogP contribution < -0.4 is 5.32 Å². The van der Waals surface area contributed by atoms with Gasteiger partial charge in [-0.1, -0.05) is 6.07 Å². The Morgan fingerprint density at radius 3 is 3.09 bits per heavy atom. The summed E-state index contributed by atoms with van der Waals surface area (Å²) in [5.41, 5.74) is 0.804. The lowest BCUT2D eigenvalue weighted by Crippen LogP contribution is -2.43. The molecule has 1 unspecified atom stereocenters. The number of nitrogens with zero attached hydrogens (tertiary/aromatic N) is 2. The highest BCUT2D eigenvalue weighted by atomic mass is 32.1. The minimum Gasteiger partial charge on any atom is -0.338 e. The van der Waals surface area contributed by atoms with Gasteiger partial charge < -0.3 is 14.8 Å². The minimum atomic E-state index is 0.169. The Hall–Kier alpha value is -1.59. The molecule has 2 aromatic rings. The number of thiophene rings is 1. The van der Waals surface area contributed by atoms with Crippen LogP contribution in [0.5, 0.6) is 0 Å². The van der Waals surface area contributed by atoms with E-state index in [4.69, 9.17) is 0 Å². The molecule has 1 aliphatic rings. The summed E-state index contributed by atoms with van der Waals surface area (Å²) in [5.74, 6) is 0.741. The molecule has 0 saturated carbocycles. The molecule has 3 heterocycles. The van der Waals surface area contributed by atoms with Crippen LogP contribution in [0.3, 0.4) is 0 Å². The Bertz CT molecular complexity index is 603. The summed E-state index contributed by atoms with van der Waals surface area (Å²) >= 11 is 1.73. The fourth-order valence-corrected chi connectivity index (χ4v) is 3.89. The standard InChI is InChI=1S/C17H23N3OS/c1-18-11-14-5-2-9-20(12-14)17(21)16-7-3-8-19(16)13-15-6-4-10-22-15/h3-4,6-8,10,14,18H,2,5,9,11-13H2,1H3. The third-order valence-corrected chi connectivity index (χ3v) is 5.12. The van der Waals surface area contributed by atoms with Gasteiger partial charge in [-0.2, -0.15) is 0 Å². The quantitative estimate of drug-likeness (QED) is 0.920. The molecule has 0 spiro atoms. The minimum absolute atomic E-state index is 0.169. The van der Waals surface area contributed by atoms with E-state index in [-0.39, 0.29) is 5.91 Å². The van der Waals surface area contributed by atoms with Crippen LogP contribution in [0.1, 0.15) is 28.2 Å². The van der Waals surface area contributed by atoms with E-state index in [1.165, 1.54) is 11.3 Å². The van der Waals surface area contributed by atoms with Crippen molar-refractivity contribution in [1.29, 1.82) is 0 Å². The van der Waals surface area contributed by atoms with Gasteiger partial charge in [-0.15, -0.1) is 11.3 Å². The molecule has 1 aliphatic heterocycles. The maximum atomic E-state index is 12.8. The number of aromatic nitrogens is 1. The monoisotopic (exact) mass is 317 g/mol. The van der Waals surface area contributed by atoms with Gasteiger partial charge in [0, 0.05) is 24.2 Å². The number of carbonyl (C=O) groups excluding carboxylic acids is 1. The maximum absolute atomic E-state index is 12.8. The summed E-state index contributed by atoms with van der Waals surface area (Å²) < 4.78 is 2.07. The van der Waals surface area contributed by atoms with Crippen molar-refractivity contribution in [2.24, 2.45) is 5.92 Å². The van der Waals surface area contributed by atoms with Crippen molar-refractivity contribution in [3.8, 4) is 0 Å². The van der Waals surface area contributed by atoms with Crippen molar-refractivity contribution < 1.29 is 4.79 Å². The molecule has 5 heteroatoms. The van der Waals surface area contributed by atoms with E-state index in [0.717, 1.165) is 38.3 Å². The lowest BCUT2D eigenvalue weighted by Gasteiger charge is -2.33. The molecule has 1 N–H and O–H groups in total. The molecule has 118 valence electrons. The summed E-state index contributed by atoms with van der Waals surface area (Å²) in [6.07, 6.45) is 4.31. The van der Waals surface area contributed by atoms with Gasteiger partial charge in [0.05, 0.1) is 6.54 Å². The first-order valence-corrected chi connectivity index (χ1v) is 8.77. The van der Waals surface area contributed by atoms with Crippen molar-refractivity contribution in [1.82, 2.24) is 14.8 Å². The highest BCUT2D eigenvalue weighted by Gasteiger charge is 2.25. The summed E-state index contributed by atoms with van der Waals surface area (Å²) in [6.45, 7) is 3.51. The molecule has 0 aliphatic carbocycles. The second-order valence-electron chi connectivity index (χ2n) is 5.92. The van der Waals surface area contributed by atoms with E-state index in [2.05, 4.69) is 27.4 Å². The van der Waals surface area contributed by atoms with Crippen molar-refractivity contribution in [3.05, 3.63) is 46.4 Å². The van der Waals surface area contributed by atoms with E-state index in [1.54, 1.807) is 11.3 Å². The Balaban J connectivity index is 1.71. The molecular formula is C17H23N3OS. The third kappa shape index (κ3) is 3.42. The van der Waals surface area contributed by atoms with Crippen LogP contribution in [0.2, 0.25) is 0 Å². The fraction of sp³-hybridized carbons (Fsp3) is 0.471. The van der Waals surface area contributed by atoms with E-state index in [0.29, 0.717) is 5.92 Å². The van der Waals surface area contributed by atoms with Crippen molar-refractivity contribution in [2.45, 2.75) is 19.4 Å². The van der Waals surface area contributed by atoms with Crippen LogP contribution in [0.25, 0.3) is 0 Å². The molecule has 3 rings (SSSR count). The van der Waals surface area contributed by atoms with Gasteiger partial charge in [-0.05, 0) is 55.9 Å². The highest BCUT2D eigenvalue weighted by Crippen LogP contribution is 2.19. The average molecular weight is 317 g/mol. The van der Waals surface area contributed by atoms with Crippen molar-refractivity contribution >= 4 is 17.2 Å². The van der Waals surface area contributed by atoms with Crippen LogP contribution in [0, 0.1) is 5.92 Å². The van der Waals surface area contributed by atoms with Gasteiger partial charge in [0.25, 0.3) is 5.91 Å². The summed E-state index contributed by atoms with van der Waals surface area (Å²) in [7, 11) is 1.98. The normalized spacial score (nSPS) is 18.6. The topological polar surface area (TPSA) is 37.3 Å². The first-order chi connectivity index (χ1) is 10.8. The first kappa shape index (κ1) is 15.3. The van der Waals surface area contributed by atoms with E-state index in [1.807, 2.05) is 30.3 Å². The summed E-state index contributed by atoms with van der Waals surface area (Å²) in [4.78, 5) is 16.1. The van der Waals surface area contributed by atoms with Gasteiger partial charge in [0.1, 0.15) is 5.69 Å². The second kappa shape index (κ2) is 7.11. The second-order valence-corrected chi connectivity index (χ2v) is 6.95. The number of piperidine rings is 1. The summed E-state index contributed by atoms with van der Waals surface area (Å²) in [6, 6.07) is 8.08. The molecule has 0 aromatic carbocycles. The SMILES string of the molecule is CNCC1CCCN(C(=O)c2cccn2Cc2cccs2)C1. The molecule has 1 atom stereocenters. The molecular weight excluding hydrogens is 294 g/mol. The molecule has 0 radical (unpaired) electrons. The lowest BCUT2D eigenvalue weighted by molar-refractivity contribution is 0.0664. The van der Waals surface area contributed by atoms with E-state index >= 15 is 0 Å². The number of nitrogens with one attached hydrogen (secondary N) is 1. The van der Waals surface area contributed by atoms with Crippen LogP contribution in [0.15, 0.2) is 35.8 Å². The highest BCUT2D eigenvalue weighted by molar-refractivity contribution is 7.09. The van der Waals surface area contributed by atoms with Gasteiger partial charge in [-0.25, -0.2) is 0 Å². The maximum Gasteiger partial charge on any atom is 0.270 e. The summed E-state index contributed by atoms with van der Waals surface area (Å²) in [5, 5.41) is 5.31. The van der Waals surface area contributed by atoms with Crippen LogP contribution in [0.4, 0.5) is 0 Å². The van der Waals surface area contributed by atoms with Crippen molar-refractivity contribution in [2.75, 3.05) is 26.7 Å². The number of amides is 1. The van der Waals surface area contributed by atoms with E-state index < -0.39 is 0 Å². The molecule has 1 fully saturated rings. The zero-order valence-electron chi connectivity index (χ0n) is 13.0. The zero-order valence-corrected chi connectivity index (χ0v) is 13.8. The molecule has 2 aromatic heterocycles. The number of carbonyl (C=O) groups is 1. The van der Waals surface area contributed by atoms with Crippen LogP contribution in [-0.4, -0.2) is 42.1 Å². The number of likely N-dealkylation sites (tertiary alicyclic amines) is 1. The molecule has 0 bridgehead atoms. The average Bonchev–Trinajstić information content (AvgIpc) is 3.19. The van der Waals surface area contributed by atoms with Gasteiger partial charge in [0.15, 0.2) is 0 Å². The number of hydrogen-bond acceptors (Lipinski definition) is 3. The predicted molar refractivity (Wildman–Crippen MR) is 90.4 cm³/mol. The Labute approximate surface area is 135 Å². The smallest absolute Gasteiger partial charge is 0.270 e. The zero-order chi connectivity index (χ0) is 15.4. The van der Waals surface area contributed by atoms with Gasteiger partial charge in [-0.3, -0.25) is 4.79 Å². The Kier molecular flexibility index (Phi) is 4.95. The predicted octanol–water partition coefficient (Wildman–Crippen LogP) is 2.67. The largest absolute Gasteiger partial charge is 0.338 e. The van der Waals surface area contributed by atoms with Crippen LogP contribution >= 0.6 is 11.3 Å². The van der Waals surface area contributed by atoms with Gasteiger partial charge >= 0.3 is 0 Å². The molecule has 1 amide bonds. The number of hydrogen-bond donors (Lipinski definition) is 1. The Morgan fingerprint density at radius 2 is 2.32 bits per heavy atom.